The Bertz CT molecular complexity index is 2910. The Morgan fingerprint density at radius 2 is 0.843 bits per heavy atom. The third kappa shape index (κ3) is 13.9. The monoisotopic (exact) mass is 1130 g/mol. The van der Waals surface area contributed by atoms with Crippen molar-refractivity contribution in [2.45, 2.75) is 78.1 Å². The van der Waals surface area contributed by atoms with Crippen molar-refractivity contribution in [2.24, 2.45) is 0 Å². The Labute approximate surface area is 428 Å². The summed E-state index contributed by atoms with van der Waals surface area (Å²) in [6.45, 7) is 5.85. The van der Waals surface area contributed by atoms with E-state index in [1.54, 1.807) is 0 Å². The van der Waals surface area contributed by atoms with Gasteiger partial charge in [-0.2, -0.15) is 8.61 Å². The van der Waals surface area contributed by atoms with E-state index in [1.165, 1.54) is 76.8 Å². The Balaban J connectivity index is 0.000000186. The first-order valence-corrected chi connectivity index (χ1v) is 28.4. The van der Waals surface area contributed by atoms with E-state index >= 15 is 0 Å². The van der Waals surface area contributed by atoms with Crippen molar-refractivity contribution in [1.29, 1.82) is 0 Å². The normalized spacial score (nSPS) is 18.1. The number of halogens is 5. The Hall–Kier alpha value is -3.98. The molecule has 0 spiro atoms. The molecule has 0 aliphatic carbocycles. The molecule has 0 unspecified atom stereocenters. The van der Waals surface area contributed by atoms with Crippen LogP contribution in [-0.2, 0) is 29.1 Å². The lowest BCUT2D eigenvalue weighted by Gasteiger charge is -2.36. The molecule has 0 N–H and O–H groups in total. The van der Waals surface area contributed by atoms with Gasteiger partial charge in [0, 0.05) is 95.4 Å². The SMILES string of the molecule is O=[N+]([O-])c1ccc(Cl)c(S(=O)(=O)Cl)c1.O=[N+]([O-])c1ccc(Cl)c(S(=O)(=O)N2CCC(N3CCCC3)CC2)c1.O=[N+]([O-])c1ccc(Oc2cc(Cl)cc(Cl)c2)c(S(=O)(=O)N2CCC(N3CCCC3)CC2)c1. The van der Waals surface area contributed by atoms with Gasteiger partial charge in [0.2, 0.25) is 20.0 Å². The quantitative estimate of drug-likeness (QED) is 0.0727. The highest BCUT2D eigenvalue weighted by molar-refractivity contribution is 8.13. The third-order valence-corrected chi connectivity index (χ3v) is 18.7. The molecule has 0 atom stereocenters. The second kappa shape index (κ2) is 23.7. The van der Waals surface area contributed by atoms with E-state index in [9.17, 15) is 55.6 Å². The first-order chi connectivity index (χ1) is 32.9. The molecule has 0 aromatic heterocycles. The lowest BCUT2D eigenvalue weighted by atomic mass is 10.1. The summed E-state index contributed by atoms with van der Waals surface area (Å²) in [4.78, 5) is 34.5. The van der Waals surface area contributed by atoms with Crippen LogP contribution in [0.4, 0.5) is 17.1 Å². The number of rotatable bonds is 12. The van der Waals surface area contributed by atoms with E-state index in [0.29, 0.717) is 48.3 Å². The number of hydrogen-bond acceptors (Lipinski definition) is 15. The maximum Gasteiger partial charge on any atom is 0.271 e. The molecule has 4 heterocycles. The molecule has 0 amide bonds. The van der Waals surface area contributed by atoms with Crippen molar-refractivity contribution in [3.05, 3.63) is 123 Å². The van der Waals surface area contributed by atoms with Crippen molar-refractivity contribution in [2.75, 3.05) is 52.4 Å². The molecule has 28 heteroatoms. The lowest BCUT2D eigenvalue weighted by Crippen LogP contribution is -2.45. The van der Waals surface area contributed by atoms with Crippen LogP contribution in [0.1, 0.15) is 51.4 Å². The topological polar surface area (TPSA) is 254 Å². The smallest absolute Gasteiger partial charge is 0.271 e. The van der Waals surface area contributed by atoms with Gasteiger partial charge >= 0.3 is 0 Å². The maximum atomic E-state index is 13.5. The summed E-state index contributed by atoms with van der Waals surface area (Å²) in [5.74, 6) is 0.219. The van der Waals surface area contributed by atoms with Crippen LogP contribution in [0.3, 0.4) is 0 Å². The van der Waals surface area contributed by atoms with Gasteiger partial charge in [-0.3, -0.25) is 30.3 Å². The molecule has 0 saturated carbocycles. The summed E-state index contributed by atoms with van der Waals surface area (Å²) in [5, 5.41) is 33.1. The van der Waals surface area contributed by atoms with Gasteiger partial charge < -0.3 is 14.5 Å². The molecule has 70 heavy (non-hydrogen) atoms. The van der Waals surface area contributed by atoms with Gasteiger partial charge in [0.15, 0.2) is 0 Å². The average Bonchev–Trinajstić information content (AvgIpc) is 4.06. The number of nitro groups is 3. The number of nitrogens with zero attached hydrogens (tertiary/aromatic N) is 7. The molecule has 4 aliphatic rings. The molecule has 380 valence electrons. The van der Waals surface area contributed by atoms with Crippen LogP contribution in [0.5, 0.6) is 11.5 Å². The Kier molecular flexibility index (Phi) is 18.7. The lowest BCUT2D eigenvalue weighted by molar-refractivity contribution is -0.385. The molecule has 4 fully saturated rings. The van der Waals surface area contributed by atoms with Gasteiger partial charge in [-0.15, -0.1) is 0 Å². The highest BCUT2D eigenvalue weighted by Crippen LogP contribution is 2.38. The molecule has 4 aromatic carbocycles. The van der Waals surface area contributed by atoms with Gasteiger partial charge in [0.25, 0.3) is 26.1 Å². The van der Waals surface area contributed by atoms with Gasteiger partial charge in [-0.05, 0) is 114 Å². The van der Waals surface area contributed by atoms with Crippen LogP contribution in [-0.4, -0.2) is 123 Å². The fourth-order valence-electron chi connectivity index (χ4n) is 8.59. The van der Waals surface area contributed by atoms with Crippen molar-refractivity contribution in [3.63, 3.8) is 0 Å². The number of hydrogen-bond donors (Lipinski definition) is 0. The first kappa shape index (κ1) is 55.3. The molecular weight excluding hydrogens is 1080 g/mol. The van der Waals surface area contributed by atoms with Crippen LogP contribution < -0.4 is 4.74 Å². The van der Waals surface area contributed by atoms with E-state index < -0.39 is 48.8 Å². The van der Waals surface area contributed by atoms with Gasteiger partial charge in [-0.1, -0.05) is 46.4 Å². The summed E-state index contributed by atoms with van der Waals surface area (Å²) in [5.41, 5.74) is -0.981. The van der Waals surface area contributed by atoms with Crippen LogP contribution in [0.2, 0.25) is 20.1 Å². The first-order valence-electron chi connectivity index (χ1n) is 21.7. The van der Waals surface area contributed by atoms with Crippen molar-refractivity contribution in [3.8, 4) is 11.5 Å². The minimum absolute atomic E-state index is 0.0160. The maximum absolute atomic E-state index is 13.5. The van der Waals surface area contributed by atoms with Gasteiger partial charge in [0.1, 0.15) is 26.2 Å². The molecule has 0 bridgehead atoms. The van der Waals surface area contributed by atoms with E-state index in [0.717, 1.165) is 82.2 Å². The van der Waals surface area contributed by atoms with Crippen molar-refractivity contribution >= 4 is 103 Å². The van der Waals surface area contributed by atoms with Crippen LogP contribution >= 0.6 is 57.1 Å². The van der Waals surface area contributed by atoms with E-state index in [1.807, 2.05) is 0 Å². The van der Waals surface area contributed by atoms with E-state index in [-0.39, 0.29) is 48.4 Å². The fourth-order valence-corrected chi connectivity index (χ4v) is 14.2. The molecule has 4 aliphatic heterocycles. The molecule has 8 rings (SSSR count). The largest absolute Gasteiger partial charge is 0.456 e. The fraction of sp³-hybridized carbons (Fsp3) is 0.429. The standard InChI is InChI=1S/C21H23Cl2N3O5S.C15H20ClN3O4S.C6H3Cl2NO4S/c22-15-11-16(23)13-19(12-15)31-20-4-3-18(26(27)28)14-21(20)32(29,30)25-9-5-17(6-10-25)24-7-1-2-8-24;16-14-4-3-13(19(20)21)11-15(14)24(22,23)18-9-5-12(6-10-18)17-7-1-2-8-17;7-5-2-1-4(9(10)11)3-6(5)14(8,12)13/h3-4,11-14,17H,1-2,5-10H2;3-4,11-12H,1-2,5-10H2;1-3H. The highest BCUT2D eigenvalue weighted by atomic mass is 35.7. The molecule has 4 saturated heterocycles. The predicted octanol–water partition coefficient (Wildman–Crippen LogP) is 9.62. The Morgan fingerprint density at radius 1 is 0.486 bits per heavy atom. The van der Waals surface area contributed by atoms with Crippen molar-refractivity contribution < 1.29 is 44.8 Å². The third-order valence-electron chi connectivity index (χ3n) is 12.1. The van der Waals surface area contributed by atoms with Gasteiger partial charge in [0.05, 0.1) is 24.8 Å². The highest BCUT2D eigenvalue weighted by Gasteiger charge is 2.36. The molecular formula is C42H46Cl5N7O13S3. The van der Waals surface area contributed by atoms with E-state index in [4.69, 9.17) is 61.8 Å². The number of sulfonamides is 2. The molecule has 4 aromatic rings. The summed E-state index contributed by atoms with van der Waals surface area (Å²) in [6, 6.07) is 15.4. The Morgan fingerprint density at radius 3 is 1.24 bits per heavy atom. The van der Waals surface area contributed by atoms with Crippen LogP contribution in [0, 0.1) is 30.3 Å². The van der Waals surface area contributed by atoms with Crippen LogP contribution in [0.15, 0.2) is 87.5 Å². The average molecular weight is 1130 g/mol. The summed E-state index contributed by atoms with van der Waals surface area (Å²) >= 11 is 23.5. The zero-order valence-electron chi connectivity index (χ0n) is 36.9. The van der Waals surface area contributed by atoms with Crippen molar-refractivity contribution in [1.82, 2.24) is 18.4 Å². The zero-order valence-corrected chi connectivity index (χ0v) is 43.2. The number of piperidine rings is 2. The second-order valence-electron chi connectivity index (χ2n) is 16.5. The molecule has 0 radical (unpaired) electrons. The van der Waals surface area contributed by atoms with E-state index in [2.05, 4.69) is 9.80 Å². The number of non-ortho nitro benzene ring substituents is 3. The minimum atomic E-state index is -4.05. The second-order valence-corrected chi connectivity index (χ2v) is 24.6. The number of ether oxygens (including phenoxy) is 1. The summed E-state index contributed by atoms with van der Waals surface area (Å²) in [6.07, 6.45) is 7.81. The van der Waals surface area contributed by atoms with Crippen LogP contribution in [0.25, 0.3) is 0 Å². The number of nitro benzene ring substituents is 3. The number of benzene rings is 4. The number of likely N-dealkylation sites (tertiary alicyclic amines) is 2. The summed E-state index contributed by atoms with van der Waals surface area (Å²) < 4.78 is 82.9. The zero-order chi connectivity index (χ0) is 51.1. The van der Waals surface area contributed by atoms with Gasteiger partial charge in [-0.25, -0.2) is 25.3 Å². The molecule has 20 nitrogen and oxygen atoms in total. The predicted molar refractivity (Wildman–Crippen MR) is 264 cm³/mol. The summed E-state index contributed by atoms with van der Waals surface area (Å²) in [7, 11) is -6.88. The minimum Gasteiger partial charge on any atom is -0.456 e.